The summed E-state index contributed by atoms with van der Waals surface area (Å²) in [5, 5.41) is 5.72. The van der Waals surface area contributed by atoms with Crippen molar-refractivity contribution in [3.8, 4) is 0 Å². The fourth-order valence-corrected chi connectivity index (χ4v) is 6.43. The molecule has 0 aliphatic heterocycles. The van der Waals surface area contributed by atoms with E-state index in [1.165, 1.54) is 0 Å². The second-order valence-corrected chi connectivity index (χ2v) is 11.0. The van der Waals surface area contributed by atoms with Crippen LogP contribution in [0.4, 0.5) is 0 Å². The molecular formula is C30H14I2O4. The number of benzene rings is 5. The smallest absolute Gasteiger partial charge is 0.233 e. The van der Waals surface area contributed by atoms with E-state index in [1.807, 2.05) is 48.5 Å². The lowest BCUT2D eigenvalue weighted by Crippen LogP contribution is -2.20. The van der Waals surface area contributed by atoms with Crippen LogP contribution in [0.1, 0.15) is 32.2 Å². The molecule has 36 heavy (non-hydrogen) atoms. The minimum atomic E-state index is -0.366. The highest BCUT2D eigenvalue weighted by Crippen LogP contribution is 2.41. The van der Waals surface area contributed by atoms with Crippen molar-refractivity contribution in [3.05, 3.63) is 115 Å². The van der Waals surface area contributed by atoms with Gasteiger partial charge in [-0.15, -0.1) is 0 Å². The molecule has 0 saturated carbocycles. The highest BCUT2D eigenvalue weighted by Gasteiger charge is 2.34. The van der Waals surface area contributed by atoms with Gasteiger partial charge in [0.2, 0.25) is 23.1 Å². The molecule has 0 saturated heterocycles. The molecule has 7 rings (SSSR count). The molecule has 0 N–H and O–H groups in total. The van der Waals surface area contributed by atoms with E-state index in [-0.39, 0.29) is 23.1 Å². The number of hydrogen-bond acceptors (Lipinski definition) is 4. The summed E-state index contributed by atoms with van der Waals surface area (Å²) in [4.78, 5) is 27.3. The molecule has 0 amide bonds. The molecule has 0 fully saturated rings. The standard InChI is InChI=1S/C30H14I2O4/c31-21-13-15-7-1-3-9-17(15)23-24-18-10-4-2-8-16(18)14-22(32)28(24)36-30-26(34)20-12-6-5-11-19(20)25(33)29(30)35-27(21)23/h1-14H. The average Bonchev–Trinajstić information content (AvgIpc) is 2.88. The van der Waals surface area contributed by atoms with Gasteiger partial charge in [-0.25, -0.2) is 0 Å². The molecule has 0 spiro atoms. The SMILES string of the molecule is O=C1c2ccccc2C(=O)c2oc3c(I)cc4ccccc4c3c3c(oc21)c(I)cc1ccccc13. The van der Waals surface area contributed by atoms with Crippen LogP contribution >= 0.6 is 45.2 Å². The van der Waals surface area contributed by atoms with Crippen molar-refractivity contribution in [1.29, 1.82) is 0 Å². The second-order valence-electron chi connectivity index (χ2n) is 8.63. The Morgan fingerprint density at radius 2 is 0.917 bits per heavy atom. The molecule has 0 atom stereocenters. The van der Waals surface area contributed by atoms with E-state index in [0.29, 0.717) is 22.3 Å². The monoisotopic (exact) mass is 692 g/mol. The summed E-state index contributed by atoms with van der Waals surface area (Å²) >= 11 is 4.48. The van der Waals surface area contributed by atoms with Crippen LogP contribution in [0.2, 0.25) is 0 Å². The van der Waals surface area contributed by atoms with Gasteiger partial charge in [0.1, 0.15) is 11.2 Å². The summed E-state index contributed by atoms with van der Waals surface area (Å²) in [7, 11) is 0. The number of halogens is 2. The van der Waals surface area contributed by atoms with Crippen LogP contribution in [0.3, 0.4) is 0 Å². The molecule has 6 aromatic rings. The zero-order valence-corrected chi connectivity index (χ0v) is 22.8. The van der Waals surface area contributed by atoms with Crippen molar-refractivity contribution in [2.75, 3.05) is 0 Å². The summed E-state index contributed by atoms with van der Waals surface area (Å²) in [6.45, 7) is 0. The molecule has 1 heterocycles. The van der Waals surface area contributed by atoms with Crippen LogP contribution in [0.15, 0.2) is 93.8 Å². The van der Waals surface area contributed by atoms with Crippen molar-refractivity contribution in [3.63, 3.8) is 0 Å². The highest BCUT2D eigenvalue weighted by atomic mass is 127. The molecular weight excluding hydrogens is 678 g/mol. The molecule has 1 aromatic heterocycles. The fourth-order valence-electron chi connectivity index (χ4n) is 5.00. The van der Waals surface area contributed by atoms with Crippen LogP contribution in [-0.4, -0.2) is 11.6 Å². The van der Waals surface area contributed by atoms with Gasteiger partial charge in [0.05, 0.1) is 7.14 Å². The minimum absolute atomic E-state index is 0.0808. The number of fused-ring (bicyclic) bond motifs is 9. The third-order valence-electron chi connectivity index (χ3n) is 6.61. The summed E-state index contributed by atoms with van der Waals surface area (Å²) in [5.41, 5.74) is 1.71. The van der Waals surface area contributed by atoms with Gasteiger partial charge in [-0.2, -0.15) is 0 Å². The summed E-state index contributed by atoms with van der Waals surface area (Å²) in [5.74, 6) is -0.894. The minimum Gasteiger partial charge on any atom is -0.447 e. The van der Waals surface area contributed by atoms with Crippen LogP contribution in [0.25, 0.3) is 43.5 Å². The Morgan fingerprint density at radius 1 is 0.528 bits per heavy atom. The summed E-state index contributed by atoms with van der Waals surface area (Å²) < 4.78 is 14.6. The Kier molecular flexibility index (Phi) is 4.97. The second kappa shape index (κ2) is 8.14. The average molecular weight is 692 g/mol. The van der Waals surface area contributed by atoms with Gasteiger partial charge in [0, 0.05) is 21.9 Å². The quantitative estimate of drug-likeness (QED) is 0.150. The maximum Gasteiger partial charge on any atom is 0.233 e. The fraction of sp³-hybridized carbons (Fsp3) is 0. The number of carbonyl (C=O) groups excluding carboxylic acids is 2. The van der Waals surface area contributed by atoms with Crippen molar-refractivity contribution in [2.45, 2.75) is 0 Å². The third-order valence-corrected chi connectivity index (χ3v) is 8.21. The lowest BCUT2D eigenvalue weighted by molar-refractivity contribution is 0.0937. The Balaban J connectivity index is 1.83. The van der Waals surface area contributed by atoms with Crippen LogP contribution in [0.5, 0.6) is 0 Å². The maximum atomic E-state index is 13.6. The molecule has 1 aliphatic rings. The molecule has 6 heteroatoms. The molecule has 1 aliphatic carbocycles. The van der Waals surface area contributed by atoms with Gasteiger partial charge in [0.15, 0.2) is 0 Å². The molecule has 5 aromatic carbocycles. The summed E-state index contributed by atoms with van der Waals surface area (Å²) in [6.07, 6.45) is 0. The zero-order valence-electron chi connectivity index (χ0n) is 18.5. The number of hydrogen-bond donors (Lipinski definition) is 0. The predicted octanol–water partition coefficient (Wildman–Crippen LogP) is 8.59. The van der Waals surface area contributed by atoms with Crippen molar-refractivity contribution < 1.29 is 18.4 Å². The normalized spacial score (nSPS) is 12.8. The molecule has 0 bridgehead atoms. The molecule has 0 radical (unpaired) electrons. The summed E-state index contributed by atoms with van der Waals surface area (Å²) in [6, 6.07) is 27.1. The van der Waals surface area contributed by atoms with Gasteiger partial charge < -0.3 is 8.83 Å². The lowest BCUT2D eigenvalue weighted by atomic mass is 9.91. The van der Waals surface area contributed by atoms with E-state index in [4.69, 9.17) is 8.83 Å². The first-order chi connectivity index (χ1) is 17.5. The van der Waals surface area contributed by atoms with Gasteiger partial charge in [-0.05, 0) is 78.9 Å². The Labute approximate surface area is 231 Å². The van der Waals surface area contributed by atoms with Crippen molar-refractivity contribution >= 4 is 100 Å². The maximum absolute atomic E-state index is 13.6. The van der Waals surface area contributed by atoms with E-state index in [2.05, 4.69) is 57.3 Å². The Bertz CT molecular complexity index is 1870. The van der Waals surface area contributed by atoms with Crippen LogP contribution < -0.4 is 0 Å². The van der Waals surface area contributed by atoms with Crippen molar-refractivity contribution in [2.24, 2.45) is 0 Å². The van der Waals surface area contributed by atoms with Gasteiger partial charge in [-0.3, -0.25) is 9.59 Å². The predicted molar refractivity (Wildman–Crippen MR) is 157 cm³/mol. The first kappa shape index (κ1) is 22.0. The molecule has 0 unspecified atom stereocenters. The largest absolute Gasteiger partial charge is 0.447 e. The lowest BCUT2D eigenvalue weighted by Gasteiger charge is -2.17. The van der Waals surface area contributed by atoms with Gasteiger partial charge in [-0.1, -0.05) is 72.8 Å². The third kappa shape index (κ3) is 3.10. The Morgan fingerprint density at radius 3 is 1.36 bits per heavy atom. The van der Waals surface area contributed by atoms with Crippen molar-refractivity contribution in [1.82, 2.24) is 0 Å². The number of carbonyl (C=O) groups is 2. The van der Waals surface area contributed by atoms with Crippen LogP contribution in [-0.2, 0) is 0 Å². The highest BCUT2D eigenvalue weighted by molar-refractivity contribution is 14.1. The number of rotatable bonds is 0. The Hall–Kier alpha value is -3.24. The molecule has 172 valence electrons. The van der Waals surface area contributed by atoms with E-state index < -0.39 is 0 Å². The topological polar surface area (TPSA) is 60.4 Å². The van der Waals surface area contributed by atoms with Gasteiger partial charge >= 0.3 is 0 Å². The van der Waals surface area contributed by atoms with E-state index in [1.54, 1.807) is 24.3 Å². The van der Waals surface area contributed by atoms with Crippen LogP contribution in [0, 0.1) is 7.14 Å². The first-order valence-corrected chi connectivity index (χ1v) is 13.4. The first-order valence-electron chi connectivity index (χ1n) is 11.2. The number of ketones is 2. The molecule has 4 nitrogen and oxygen atoms in total. The van der Waals surface area contributed by atoms with E-state index >= 15 is 0 Å². The van der Waals surface area contributed by atoms with Gasteiger partial charge in [0.25, 0.3) is 0 Å². The van der Waals surface area contributed by atoms with E-state index in [0.717, 1.165) is 39.5 Å². The zero-order chi connectivity index (χ0) is 24.6. The van der Waals surface area contributed by atoms with E-state index in [9.17, 15) is 9.59 Å².